The van der Waals surface area contributed by atoms with Gasteiger partial charge in [-0.1, -0.05) is 48.5 Å². The summed E-state index contributed by atoms with van der Waals surface area (Å²) in [4.78, 5) is 95.2. The van der Waals surface area contributed by atoms with E-state index in [2.05, 4.69) is 21.3 Å². The normalized spacial score (nSPS) is 20.1. The lowest BCUT2D eigenvalue weighted by atomic mass is 9.82. The summed E-state index contributed by atoms with van der Waals surface area (Å²) in [6.45, 7) is 13.8. The molecule has 5 atom stereocenters. The van der Waals surface area contributed by atoms with Crippen molar-refractivity contribution in [2.75, 3.05) is 19.6 Å². The third-order valence-electron chi connectivity index (χ3n) is 8.96. The van der Waals surface area contributed by atoms with E-state index >= 15 is 0 Å². The number of carbonyl (C=O) groups excluding carboxylic acids is 5. The minimum atomic E-state index is -1.69. The highest BCUT2D eigenvalue weighted by atomic mass is 16.4. The predicted octanol–water partition coefficient (Wildman–Crippen LogP) is 1.69. The Kier molecular flexibility index (Phi) is 15.1. The number of carboxylic acids is 2. The van der Waals surface area contributed by atoms with Crippen LogP contribution in [-0.4, -0.2) is 111 Å². The Morgan fingerprint density at radius 1 is 0.812 bits per heavy atom. The smallest absolute Gasteiger partial charge is 0.326 e. The number of piperidine rings is 1. The second kappa shape index (κ2) is 18.0. The molecule has 2 heterocycles. The summed E-state index contributed by atoms with van der Waals surface area (Å²) in [5.41, 5.74) is -0.816. The maximum Gasteiger partial charge on any atom is 0.326 e. The van der Waals surface area contributed by atoms with Crippen molar-refractivity contribution in [3.63, 3.8) is 0 Å². The average molecular weight is 681 g/mol. The third kappa shape index (κ3) is 11.4. The number of rotatable bonds is 15. The maximum absolute atomic E-state index is 14.4. The van der Waals surface area contributed by atoms with Crippen molar-refractivity contribution in [2.24, 2.45) is 17.3 Å². The highest BCUT2D eigenvalue weighted by Gasteiger charge is 2.48. The first-order chi connectivity index (χ1) is 22.4. The number of carbonyl (C=O) groups is 7. The number of carboxylic acid groups (broad SMARTS) is 2. The molecule has 2 aliphatic rings. The van der Waals surface area contributed by atoms with Gasteiger partial charge in [-0.3, -0.25) is 24.0 Å². The van der Waals surface area contributed by atoms with Gasteiger partial charge < -0.3 is 41.3 Å². The van der Waals surface area contributed by atoms with Crippen LogP contribution in [0, 0.1) is 17.3 Å². The number of hydrogen-bond donors (Lipinski definition) is 6. The Hall–Kier alpha value is -3.91. The Morgan fingerprint density at radius 2 is 1.42 bits per heavy atom. The lowest BCUT2D eigenvalue weighted by Crippen LogP contribution is -2.66. The van der Waals surface area contributed by atoms with E-state index < -0.39 is 77.6 Å². The van der Waals surface area contributed by atoms with Gasteiger partial charge in [-0.15, -0.1) is 0 Å². The van der Waals surface area contributed by atoms with E-state index in [1.807, 2.05) is 13.8 Å². The van der Waals surface area contributed by atoms with Crippen molar-refractivity contribution in [3.8, 4) is 0 Å². The summed E-state index contributed by atoms with van der Waals surface area (Å²) in [7, 11) is 0. The van der Waals surface area contributed by atoms with Gasteiger partial charge in [0.25, 0.3) is 0 Å². The van der Waals surface area contributed by atoms with Gasteiger partial charge in [0.1, 0.15) is 24.2 Å². The SMILES string of the molecule is CCC(CC)NC(=O)NC(C(=O)N1CCCC(C(=O)N2CCCC2)C1C(=O)NC(CC(=O)O)C(=O)NC(CC(C)C)C(=O)O)C(C)(C)C. The molecule has 2 saturated heterocycles. The van der Waals surface area contributed by atoms with Crippen LogP contribution in [0.15, 0.2) is 0 Å². The Labute approximate surface area is 283 Å². The molecule has 6 amide bonds. The summed E-state index contributed by atoms with van der Waals surface area (Å²) in [5, 5.41) is 29.6. The predicted molar refractivity (Wildman–Crippen MR) is 177 cm³/mol. The van der Waals surface area contributed by atoms with Crippen molar-refractivity contribution in [1.82, 2.24) is 31.1 Å². The summed E-state index contributed by atoms with van der Waals surface area (Å²) in [6, 6.07) is -6.19. The summed E-state index contributed by atoms with van der Waals surface area (Å²) in [6.07, 6.45) is 2.82. The van der Waals surface area contributed by atoms with Gasteiger partial charge in [0, 0.05) is 25.7 Å². The molecule has 0 aromatic heterocycles. The zero-order valence-corrected chi connectivity index (χ0v) is 29.5. The van der Waals surface area contributed by atoms with Crippen molar-refractivity contribution in [1.29, 1.82) is 0 Å². The van der Waals surface area contributed by atoms with Gasteiger partial charge in [0.2, 0.25) is 23.6 Å². The second-order valence-corrected chi connectivity index (χ2v) is 14.4. The minimum absolute atomic E-state index is 0.0676. The van der Waals surface area contributed by atoms with Crippen LogP contribution in [0.4, 0.5) is 4.79 Å². The molecular weight excluding hydrogens is 624 g/mol. The number of likely N-dealkylation sites (tertiary alicyclic amines) is 2. The highest BCUT2D eigenvalue weighted by Crippen LogP contribution is 2.31. The topological polar surface area (TPSA) is 215 Å². The number of nitrogens with one attached hydrogen (secondary N) is 4. The maximum atomic E-state index is 14.4. The molecule has 0 spiro atoms. The molecule has 2 aliphatic heterocycles. The zero-order valence-electron chi connectivity index (χ0n) is 29.5. The molecule has 48 heavy (non-hydrogen) atoms. The van der Waals surface area contributed by atoms with E-state index in [1.165, 1.54) is 4.90 Å². The van der Waals surface area contributed by atoms with Gasteiger partial charge in [-0.05, 0) is 56.3 Å². The van der Waals surface area contributed by atoms with E-state index in [4.69, 9.17) is 0 Å². The molecule has 15 heteroatoms. The van der Waals surface area contributed by atoms with Crippen LogP contribution < -0.4 is 21.3 Å². The molecule has 5 unspecified atom stereocenters. The first-order valence-electron chi connectivity index (χ1n) is 17.1. The largest absolute Gasteiger partial charge is 0.481 e. The average Bonchev–Trinajstić information content (AvgIpc) is 3.55. The number of urea groups is 1. The van der Waals surface area contributed by atoms with E-state index in [0.717, 1.165) is 12.8 Å². The van der Waals surface area contributed by atoms with Gasteiger partial charge >= 0.3 is 18.0 Å². The van der Waals surface area contributed by atoms with Crippen LogP contribution >= 0.6 is 0 Å². The fraction of sp³-hybridized carbons (Fsp3) is 0.788. The molecule has 272 valence electrons. The number of nitrogens with zero attached hydrogens (tertiary/aromatic N) is 2. The molecule has 2 fully saturated rings. The molecule has 0 aromatic rings. The molecule has 0 aliphatic carbocycles. The molecule has 0 radical (unpaired) electrons. The van der Waals surface area contributed by atoms with Gasteiger partial charge in [-0.25, -0.2) is 9.59 Å². The fourth-order valence-corrected chi connectivity index (χ4v) is 6.27. The molecular formula is C33H56N6O9. The quantitative estimate of drug-likeness (QED) is 0.148. The molecule has 0 bridgehead atoms. The van der Waals surface area contributed by atoms with E-state index in [-0.39, 0.29) is 37.3 Å². The van der Waals surface area contributed by atoms with E-state index in [9.17, 15) is 43.8 Å². The lowest BCUT2D eigenvalue weighted by Gasteiger charge is -2.44. The van der Waals surface area contributed by atoms with Crippen molar-refractivity contribution < 1.29 is 43.8 Å². The fourth-order valence-electron chi connectivity index (χ4n) is 6.27. The Morgan fingerprint density at radius 3 is 1.92 bits per heavy atom. The summed E-state index contributed by atoms with van der Waals surface area (Å²) >= 11 is 0. The van der Waals surface area contributed by atoms with Gasteiger partial charge in [0.15, 0.2) is 0 Å². The second-order valence-electron chi connectivity index (χ2n) is 14.4. The van der Waals surface area contributed by atoms with Crippen molar-refractivity contribution in [3.05, 3.63) is 0 Å². The molecule has 0 saturated carbocycles. The first kappa shape index (κ1) is 40.3. The van der Waals surface area contributed by atoms with Crippen LogP contribution in [0.2, 0.25) is 0 Å². The highest BCUT2D eigenvalue weighted by molar-refractivity contribution is 5.99. The number of aliphatic carboxylic acids is 2. The standard InChI is InChI=1S/C33H56N6O9/c1-8-20(9-2)34-32(48)37-26(33(5,6)7)30(45)39-16-12-13-21(29(44)38-14-10-11-15-38)25(39)28(43)35-22(18-24(40)41)27(42)36-23(31(46)47)17-19(3)4/h19-23,25-26H,8-18H2,1-7H3,(H,35,43)(H,36,42)(H,40,41)(H,46,47)(H2,34,37,48). The van der Waals surface area contributed by atoms with Crippen LogP contribution in [0.25, 0.3) is 0 Å². The Balaban J connectivity index is 2.50. The molecule has 0 aromatic carbocycles. The molecule has 15 nitrogen and oxygen atoms in total. The van der Waals surface area contributed by atoms with Gasteiger partial charge in [0.05, 0.1) is 12.3 Å². The zero-order chi connectivity index (χ0) is 36.3. The van der Waals surface area contributed by atoms with E-state index in [1.54, 1.807) is 39.5 Å². The summed E-state index contributed by atoms with van der Waals surface area (Å²) in [5.74, 6) is -6.67. The minimum Gasteiger partial charge on any atom is -0.481 e. The van der Waals surface area contributed by atoms with Crippen LogP contribution in [0.3, 0.4) is 0 Å². The third-order valence-corrected chi connectivity index (χ3v) is 8.96. The van der Waals surface area contributed by atoms with Crippen LogP contribution in [0.1, 0.15) is 99.8 Å². The van der Waals surface area contributed by atoms with E-state index in [0.29, 0.717) is 32.4 Å². The monoisotopic (exact) mass is 680 g/mol. The first-order valence-corrected chi connectivity index (χ1v) is 17.1. The van der Waals surface area contributed by atoms with Gasteiger partial charge in [-0.2, -0.15) is 0 Å². The van der Waals surface area contributed by atoms with Crippen molar-refractivity contribution >= 4 is 41.6 Å². The lowest BCUT2D eigenvalue weighted by molar-refractivity contribution is -0.155. The van der Waals surface area contributed by atoms with Crippen LogP contribution in [-0.2, 0) is 28.8 Å². The Bertz CT molecular complexity index is 1180. The van der Waals surface area contributed by atoms with Crippen molar-refractivity contribution in [2.45, 2.75) is 130 Å². The summed E-state index contributed by atoms with van der Waals surface area (Å²) < 4.78 is 0. The molecule has 6 N–H and O–H groups in total. The number of amides is 6. The number of hydrogen-bond acceptors (Lipinski definition) is 7. The molecule has 2 rings (SSSR count). The van der Waals surface area contributed by atoms with Crippen LogP contribution in [0.5, 0.6) is 0 Å².